The second-order valence-electron chi connectivity index (χ2n) is 4.37. The molecule has 0 bridgehead atoms. The van der Waals surface area contributed by atoms with E-state index in [0.717, 1.165) is 0 Å². The van der Waals surface area contributed by atoms with Gasteiger partial charge in [-0.05, 0) is 24.3 Å². The zero-order chi connectivity index (χ0) is 14.2. The van der Waals surface area contributed by atoms with Crippen LogP contribution in [0.4, 0.5) is 0 Å². The molecule has 21 heavy (non-hydrogen) atoms. The molecule has 7 nitrogen and oxygen atoms in total. The second-order valence-corrected chi connectivity index (χ2v) is 4.37. The topological polar surface area (TPSA) is 85.2 Å². The zero-order valence-electron chi connectivity index (χ0n) is 10.7. The summed E-state index contributed by atoms with van der Waals surface area (Å²) in [6, 6.07) is 12.7. The lowest BCUT2D eigenvalue weighted by Crippen LogP contribution is -2.11. The van der Waals surface area contributed by atoms with E-state index in [1.54, 1.807) is 30.5 Å². The Balaban J connectivity index is 1.90. The summed E-state index contributed by atoms with van der Waals surface area (Å²) < 4.78 is 7.01. The van der Waals surface area contributed by atoms with E-state index in [1.165, 1.54) is 4.52 Å². The van der Waals surface area contributed by atoms with Gasteiger partial charge in [-0.25, -0.2) is 4.98 Å². The van der Waals surface area contributed by atoms with Crippen LogP contribution in [0.15, 0.2) is 53.5 Å². The molecular formula is C14H9N5O2. The summed E-state index contributed by atoms with van der Waals surface area (Å²) in [7, 11) is 0. The van der Waals surface area contributed by atoms with Gasteiger partial charge in [-0.1, -0.05) is 18.2 Å². The van der Waals surface area contributed by atoms with E-state index >= 15 is 0 Å². The molecule has 0 atom stereocenters. The van der Waals surface area contributed by atoms with Gasteiger partial charge in [0.15, 0.2) is 5.65 Å². The summed E-state index contributed by atoms with van der Waals surface area (Å²) in [4.78, 5) is 22.9. The van der Waals surface area contributed by atoms with Crippen LogP contribution in [-0.4, -0.2) is 24.6 Å². The van der Waals surface area contributed by atoms with Crippen molar-refractivity contribution in [3.8, 4) is 11.8 Å². The lowest BCUT2D eigenvalue weighted by Gasteiger charge is -1.98. The Bertz CT molecular complexity index is 991. The van der Waals surface area contributed by atoms with Gasteiger partial charge >= 0.3 is 6.01 Å². The second kappa shape index (κ2) is 4.41. The minimum Gasteiger partial charge on any atom is -0.423 e. The Hall–Kier alpha value is -3.22. The first-order chi connectivity index (χ1) is 10.3. The summed E-state index contributed by atoms with van der Waals surface area (Å²) >= 11 is 0. The molecule has 0 saturated heterocycles. The fourth-order valence-electron chi connectivity index (χ4n) is 2.07. The molecule has 0 amide bonds. The highest BCUT2D eigenvalue weighted by atomic mass is 16.5. The Kier molecular flexibility index (Phi) is 2.43. The number of aromatic amines is 1. The third kappa shape index (κ3) is 1.91. The average molecular weight is 279 g/mol. The van der Waals surface area contributed by atoms with Crippen LogP contribution in [0.5, 0.6) is 11.8 Å². The van der Waals surface area contributed by atoms with E-state index < -0.39 is 0 Å². The first-order valence-electron chi connectivity index (χ1n) is 6.28. The van der Waals surface area contributed by atoms with E-state index in [0.29, 0.717) is 16.8 Å². The van der Waals surface area contributed by atoms with Crippen LogP contribution in [0.1, 0.15) is 0 Å². The van der Waals surface area contributed by atoms with Gasteiger partial charge in [0.1, 0.15) is 5.75 Å². The van der Waals surface area contributed by atoms with Crippen molar-refractivity contribution in [2.75, 3.05) is 0 Å². The van der Waals surface area contributed by atoms with Gasteiger partial charge in [0, 0.05) is 6.20 Å². The van der Waals surface area contributed by atoms with Gasteiger partial charge < -0.3 is 4.74 Å². The third-order valence-electron chi connectivity index (χ3n) is 3.00. The van der Waals surface area contributed by atoms with Gasteiger partial charge in [-0.15, -0.1) is 5.10 Å². The maximum absolute atomic E-state index is 11.9. The molecule has 0 aliphatic carbocycles. The van der Waals surface area contributed by atoms with Crippen LogP contribution in [0.2, 0.25) is 0 Å². The number of aromatic nitrogens is 5. The number of hydrogen-bond acceptors (Lipinski definition) is 5. The maximum atomic E-state index is 11.9. The number of nitrogens with zero attached hydrogens (tertiary/aromatic N) is 4. The van der Waals surface area contributed by atoms with Crippen LogP contribution in [-0.2, 0) is 0 Å². The number of H-pyrrole nitrogens is 1. The predicted octanol–water partition coefficient (Wildman–Crippen LogP) is 1.76. The number of benzene rings is 1. The highest BCUT2D eigenvalue weighted by molar-refractivity contribution is 5.75. The molecule has 0 fully saturated rings. The fourth-order valence-corrected chi connectivity index (χ4v) is 2.07. The Morgan fingerprint density at radius 1 is 1.10 bits per heavy atom. The van der Waals surface area contributed by atoms with E-state index in [-0.39, 0.29) is 17.3 Å². The lowest BCUT2D eigenvalue weighted by molar-refractivity contribution is 0.443. The van der Waals surface area contributed by atoms with E-state index in [9.17, 15) is 4.79 Å². The molecule has 7 heteroatoms. The Labute approximate surface area is 117 Å². The summed E-state index contributed by atoms with van der Waals surface area (Å²) in [5.41, 5.74) is 0.177. The molecule has 0 aliphatic rings. The minimum atomic E-state index is -0.260. The molecule has 4 rings (SSSR count). The molecule has 102 valence electrons. The summed E-state index contributed by atoms with van der Waals surface area (Å²) in [5, 5.41) is 4.67. The molecule has 3 aromatic heterocycles. The summed E-state index contributed by atoms with van der Waals surface area (Å²) in [5.74, 6) is 0.908. The van der Waals surface area contributed by atoms with Gasteiger partial charge in [0.2, 0.25) is 5.78 Å². The fraction of sp³-hybridized carbons (Fsp3) is 0. The monoisotopic (exact) mass is 279 g/mol. The van der Waals surface area contributed by atoms with Crippen molar-refractivity contribution in [3.05, 3.63) is 59.0 Å². The third-order valence-corrected chi connectivity index (χ3v) is 3.00. The molecule has 0 saturated carbocycles. The molecule has 3 heterocycles. The molecule has 1 aromatic carbocycles. The number of para-hydroxylation sites is 1. The number of hydrogen-bond donors (Lipinski definition) is 1. The number of ether oxygens (including phenoxy) is 1. The predicted molar refractivity (Wildman–Crippen MR) is 75.4 cm³/mol. The summed E-state index contributed by atoms with van der Waals surface area (Å²) in [6.45, 7) is 0. The first-order valence-corrected chi connectivity index (χ1v) is 6.28. The first kappa shape index (κ1) is 11.6. The molecular weight excluding hydrogens is 270 g/mol. The molecule has 0 radical (unpaired) electrons. The van der Waals surface area contributed by atoms with Gasteiger partial charge in [0.05, 0.1) is 5.39 Å². The van der Waals surface area contributed by atoms with Crippen molar-refractivity contribution in [2.45, 2.75) is 0 Å². The smallest absolute Gasteiger partial charge is 0.343 e. The highest BCUT2D eigenvalue weighted by Crippen LogP contribution is 2.18. The number of fused-ring (bicyclic) bond motifs is 3. The van der Waals surface area contributed by atoms with Crippen LogP contribution in [0, 0.1) is 0 Å². The normalized spacial score (nSPS) is 11.0. The molecule has 1 N–H and O–H groups in total. The number of nitrogens with one attached hydrogen (secondary N) is 1. The van der Waals surface area contributed by atoms with Crippen LogP contribution >= 0.6 is 0 Å². The SMILES string of the molecule is O=c1[nH]c2nc(Oc3ccccc3)nn2c2ncccc12. The van der Waals surface area contributed by atoms with Crippen molar-refractivity contribution >= 4 is 16.8 Å². The van der Waals surface area contributed by atoms with Gasteiger partial charge in [-0.3, -0.25) is 9.78 Å². The van der Waals surface area contributed by atoms with E-state index in [4.69, 9.17) is 4.74 Å². The molecule has 0 unspecified atom stereocenters. The van der Waals surface area contributed by atoms with Crippen molar-refractivity contribution in [1.29, 1.82) is 0 Å². The highest BCUT2D eigenvalue weighted by Gasteiger charge is 2.11. The molecule has 4 aromatic rings. The minimum absolute atomic E-state index is 0.148. The zero-order valence-corrected chi connectivity index (χ0v) is 10.7. The standard InChI is InChI=1S/C14H9N5O2/c20-12-10-7-4-8-15-11(10)19-13(16-12)17-14(18-19)21-9-5-2-1-3-6-9/h1-8H,(H,16,17,18,20). The van der Waals surface area contributed by atoms with Crippen molar-refractivity contribution in [3.63, 3.8) is 0 Å². The van der Waals surface area contributed by atoms with Crippen molar-refractivity contribution in [2.24, 2.45) is 0 Å². The number of rotatable bonds is 2. The van der Waals surface area contributed by atoms with E-state index in [2.05, 4.69) is 20.1 Å². The number of pyridine rings is 1. The molecule has 0 spiro atoms. The van der Waals surface area contributed by atoms with Crippen LogP contribution in [0.3, 0.4) is 0 Å². The van der Waals surface area contributed by atoms with Gasteiger partial charge in [0.25, 0.3) is 5.56 Å². The van der Waals surface area contributed by atoms with Crippen LogP contribution in [0.25, 0.3) is 16.8 Å². The van der Waals surface area contributed by atoms with Gasteiger partial charge in [-0.2, -0.15) is 9.50 Å². The van der Waals surface area contributed by atoms with E-state index in [1.807, 2.05) is 18.2 Å². The van der Waals surface area contributed by atoms with Crippen molar-refractivity contribution in [1.82, 2.24) is 24.6 Å². The van der Waals surface area contributed by atoms with Crippen LogP contribution < -0.4 is 10.3 Å². The Morgan fingerprint density at radius 3 is 2.81 bits per heavy atom. The summed E-state index contributed by atoms with van der Waals surface area (Å²) in [6.07, 6.45) is 1.60. The largest absolute Gasteiger partial charge is 0.423 e. The average Bonchev–Trinajstić information content (AvgIpc) is 2.91. The van der Waals surface area contributed by atoms with Crippen molar-refractivity contribution < 1.29 is 4.74 Å². The Morgan fingerprint density at radius 2 is 1.95 bits per heavy atom. The maximum Gasteiger partial charge on any atom is 0.343 e. The lowest BCUT2D eigenvalue weighted by atomic mass is 10.3. The quantitative estimate of drug-likeness (QED) is 0.604. The molecule has 0 aliphatic heterocycles.